The summed E-state index contributed by atoms with van der Waals surface area (Å²) < 4.78 is 29.4. The van der Waals surface area contributed by atoms with Crippen LogP contribution < -0.4 is 4.90 Å². The molecule has 2 aromatic rings. The predicted molar refractivity (Wildman–Crippen MR) is 87.2 cm³/mol. The fourth-order valence-electron chi connectivity index (χ4n) is 2.86. The van der Waals surface area contributed by atoms with Gasteiger partial charge in [0, 0.05) is 0 Å². The van der Waals surface area contributed by atoms with Crippen LogP contribution in [-0.4, -0.2) is 37.6 Å². The van der Waals surface area contributed by atoms with Crippen molar-refractivity contribution >= 4 is 29.0 Å². The van der Waals surface area contributed by atoms with Crippen LogP contribution in [0.5, 0.6) is 0 Å². The lowest BCUT2D eigenvalue weighted by Crippen LogP contribution is -2.47. The number of nitro groups is 1. The molecule has 26 heavy (non-hydrogen) atoms. The minimum Gasteiger partial charge on any atom is -0.386 e. The molecule has 0 radical (unpaired) electrons. The smallest absolute Gasteiger partial charge is 0.383 e. The maximum Gasteiger partial charge on any atom is 0.383 e. The molecule has 1 aliphatic rings. The van der Waals surface area contributed by atoms with E-state index >= 15 is 0 Å². The summed E-state index contributed by atoms with van der Waals surface area (Å²) in [5, 5.41) is 21.1. The number of rotatable bonds is 5. The van der Waals surface area contributed by atoms with E-state index < -0.39 is 40.3 Å². The van der Waals surface area contributed by atoms with Crippen LogP contribution in [0.15, 0.2) is 30.5 Å². The Bertz CT molecular complexity index is 900. The Labute approximate surface area is 150 Å². The standard InChI is InChI=1S/C15H13ClF2N4O4/c1-14(24,7-20-6-11(22(25)26)19-13(20)16)8-21-10-5-3-2-4-9(10)15(17,18)12(21)23/h2-6,24H,7-8H2,1H3. The number of nitrogens with zero attached hydrogens (tertiary/aromatic N) is 4. The Balaban J connectivity index is 1.86. The summed E-state index contributed by atoms with van der Waals surface area (Å²) in [5.74, 6) is -5.64. The Morgan fingerprint density at radius 1 is 1.38 bits per heavy atom. The van der Waals surface area contributed by atoms with Gasteiger partial charge in [0.1, 0.15) is 6.20 Å². The zero-order chi connectivity index (χ0) is 19.3. The molecule has 1 aromatic carbocycles. The van der Waals surface area contributed by atoms with E-state index in [1.165, 1.54) is 25.1 Å². The number of para-hydroxylation sites is 1. The molecule has 1 amide bonds. The Morgan fingerprint density at radius 3 is 2.65 bits per heavy atom. The number of carbonyl (C=O) groups is 1. The lowest BCUT2D eigenvalue weighted by Gasteiger charge is -2.29. The van der Waals surface area contributed by atoms with Crippen molar-refractivity contribution in [2.45, 2.75) is 25.0 Å². The molecule has 0 saturated heterocycles. The van der Waals surface area contributed by atoms with Crippen LogP contribution >= 0.6 is 11.6 Å². The molecule has 1 aromatic heterocycles. The summed E-state index contributed by atoms with van der Waals surface area (Å²) >= 11 is 5.80. The lowest BCUT2D eigenvalue weighted by molar-refractivity contribution is -0.389. The number of imidazole rings is 1. The average molecular weight is 387 g/mol. The monoisotopic (exact) mass is 386 g/mol. The van der Waals surface area contributed by atoms with Crippen LogP contribution in [0.2, 0.25) is 5.28 Å². The van der Waals surface area contributed by atoms with E-state index in [1.54, 1.807) is 0 Å². The van der Waals surface area contributed by atoms with Gasteiger partial charge in [0.05, 0.1) is 29.9 Å². The number of alkyl halides is 2. The van der Waals surface area contributed by atoms with Crippen molar-refractivity contribution < 1.29 is 23.6 Å². The normalized spacial score (nSPS) is 17.9. The highest BCUT2D eigenvalue weighted by Crippen LogP contribution is 2.44. The molecular formula is C15H13ClF2N4O4. The van der Waals surface area contributed by atoms with Crippen LogP contribution in [0, 0.1) is 10.1 Å². The van der Waals surface area contributed by atoms with Gasteiger partial charge in [-0.3, -0.25) is 9.36 Å². The maximum absolute atomic E-state index is 14.2. The van der Waals surface area contributed by atoms with E-state index in [9.17, 15) is 28.8 Å². The fraction of sp³-hybridized carbons (Fsp3) is 0.333. The first kappa shape index (κ1) is 18.2. The summed E-state index contributed by atoms with van der Waals surface area (Å²) in [6.07, 6.45) is 1.02. The molecule has 3 rings (SSSR count). The minimum atomic E-state index is -3.68. The largest absolute Gasteiger partial charge is 0.386 e. The summed E-state index contributed by atoms with van der Waals surface area (Å²) in [5.41, 5.74) is -2.14. The van der Waals surface area contributed by atoms with Crippen molar-refractivity contribution in [3.05, 3.63) is 51.4 Å². The molecule has 1 unspecified atom stereocenters. The SMILES string of the molecule is CC(O)(CN1C(=O)C(F)(F)c2ccccc21)Cn1cc([N+](=O)[O-])nc1Cl. The van der Waals surface area contributed by atoms with E-state index in [0.717, 1.165) is 21.7 Å². The van der Waals surface area contributed by atoms with Crippen LogP contribution in [0.4, 0.5) is 20.3 Å². The number of halogens is 3. The van der Waals surface area contributed by atoms with Crippen LogP contribution in [0.3, 0.4) is 0 Å². The van der Waals surface area contributed by atoms with Gasteiger partial charge in [-0.05, 0) is 34.5 Å². The Morgan fingerprint density at radius 2 is 2.04 bits per heavy atom. The van der Waals surface area contributed by atoms with Gasteiger partial charge in [-0.2, -0.15) is 8.78 Å². The fourth-order valence-corrected chi connectivity index (χ4v) is 3.06. The molecule has 138 valence electrons. The van der Waals surface area contributed by atoms with Gasteiger partial charge in [-0.15, -0.1) is 0 Å². The zero-order valence-corrected chi connectivity index (χ0v) is 14.2. The molecule has 0 spiro atoms. The van der Waals surface area contributed by atoms with Crippen LogP contribution in [0.1, 0.15) is 12.5 Å². The van der Waals surface area contributed by atoms with Crippen LogP contribution in [0.25, 0.3) is 0 Å². The van der Waals surface area contributed by atoms with Crippen molar-refractivity contribution in [3.8, 4) is 0 Å². The second-order valence-electron chi connectivity index (χ2n) is 6.23. The Hall–Kier alpha value is -2.59. The van der Waals surface area contributed by atoms with Gasteiger partial charge >= 0.3 is 22.9 Å². The summed E-state index contributed by atoms with van der Waals surface area (Å²) in [6, 6.07) is 5.41. The lowest BCUT2D eigenvalue weighted by atomic mass is 10.1. The van der Waals surface area contributed by atoms with E-state index in [0.29, 0.717) is 0 Å². The van der Waals surface area contributed by atoms with Crippen molar-refractivity contribution in [2.75, 3.05) is 11.4 Å². The van der Waals surface area contributed by atoms with Gasteiger partial charge in [-0.1, -0.05) is 18.2 Å². The van der Waals surface area contributed by atoms with E-state index in [2.05, 4.69) is 4.98 Å². The van der Waals surface area contributed by atoms with E-state index in [1.807, 2.05) is 0 Å². The van der Waals surface area contributed by atoms with Gasteiger partial charge < -0.3 is 20.1 Å². The zero-order valence-electron chi connectivity index (χ0n) is 13.4. The summed E-state index contributed by atoms with van der Waals surface area (Å²) in [7, 11) is 0. The second-order valence-corrected chi connectivity index (χ2v) is 6.57. The number of hydrogen-bond donors (Lipinski definition) is 1. The molecule has 2 heterocycles. The Kier molecular flexibility index (Phi) is 4.20. The molecule has 1 N–H and O–H groups in total. The van der Waals surface area contributed by atoms with Gasteiger partial charge in [-0.25, -0.2) is 0 Å². The van der Waals surface area contributed by atoms with Gasteiger partial charge in [0.15, 0.2) is 0 Å². The van der Waals surface area contributed by atoms with Crippen molar-refractivity contribution in [2.24, 2.45) is 0 Å². The highest BCUT2D eigenvalue weighted by atomic mass is 35.5. The third-order valence-corrected chi connectivity index (χ3v) is 4.26. The van der Waals surface area contributed by atoms with Gasteiger partial charge in [0.2, 0.25) is 0 Å². The molecule has 11 heteroatoms. The number of amides is 1. The number of fused-ring (bicyclic) bond motifs is 1. The number of carbonyl (C=O) groups excluding carboxylic acids is 1. The van der Waals surface area contributed by atoms with Crippen molar-refractivity contribution in [3.63, 3.8) is 0 Å². The van der Waals surface area contributed by atoms with E-state index in [-0.39, 0.29) is 17.5 Å². The summed E-state index contributed by atoms with van der Waals surface area (Å²) in [4.78, 5) is 26.4. The van der Waals surface area contributed by atoms with E-state index in [4.69, 9.17) is 11.6 Å². The number of aromatic nitrogens is 2. The first-order chi connectivity index (χ1) is 12.0. The second kappa shape index (κ2) is 5.99. The number of benzene rings is 1. The highest BCUT2D eigenvalue weighted by molar-refractivity contribution is 6.28. The minimum absolute atomic E-state index is 0.00508. The number of anilines is 1. The van der Waals surface area contributed by atoms with Gasteiger partial charge in [0.25, 0.3) is 0 Å². The molecule has 0 aliphatic carbocycles. The predicted octanol–water partition coefficient (Wildman–Crippen LogP) is 2.33. The maximum atomic E-state index is 14.2. The third kappa shape index (κ3) is 3.01. The first-order valence-electron chi connectivity index (χ1n) is 7.42. The molecule has 0 saturated carbocycles. The number of aliphatic hydroxyl groups is 1. The molecule has 8 nitrogen and oxygen atoms in total. The molecule has 1 aliphatic heterocycles. The quantitative estimate of drug-likeness (QED) is 0.627. The number of hydrogen-bond acceptors (Lipinski definition) is 5. The third-order valence-electron chi connectivity index (χ3n) is 3.96. The number of β-amino-alcohol motifs (C(OH)–C–C–N with tert-alkyl or cyclic N) is 1. The van der Waals surface area contributed by atoms with Crippen molar-refractivity contribution in [1.82, 2.24) is 9.55 Å². The highest BCUT2D eigenvalue weighted by Gasteiger charge is 2.53. The topological polar surface area (TPSA) is 102 Å². The first-order valence-corrected chi connectivity index (χ1v) is 7.79. The molecular weight excluding hydrogens is 374 g/mol. The molecule has 0 fully saturated rings. The summed E-state index contributed by atoms with van der Waals surface area (Å²) in [6.45, 7) is 0.562. The molecule has 1 atom stereocenters. The molecule has 0 bridgehead atoms. The van der Waals surface area contributed by atoms with Crippen LogP contribution in [-0.2, 0) is 17.3 Å². The average Bonchev–Trinajstić information content (AvgIpc) is 3.00. The van der Waals surface area contributed by atoms with Crippen molar-refractivity contribution in [1.29, 1.82) is 0 Å².